The number of hydrogen-bond donors (Lipinski definition) is 0. The van der Waals surface area contributed by atoms with Crippen LogP contribution in [0.25, 0.3) is 0 Å². The normalized spacial score (nSPS) is 11.2. The lowest BCUT2D eigenvalue weighted by Crippen LogP contribution is -2.08. The van der Waals surface area contributed by atoms with Crippen molar-refractivity contribution in [2.45, 2.75) is 56.4 Å². The molecule has 0 bridgehead atoms. The molecule has 0 unspecified atom stereocenters. The second-order valence-electron chi connectivity index (χ2n) is 8.21. The summed E-state index contributed by atoms with van der Waals surface area (Å²) in [6.45, 7) is 8.31. The molecular weight excluding hydrogens is 414 g/mol. The van der Waals surface area contributed by atoms with Gasteiger partial charge in [0.15, 0.2) is 0 Å². The van der Waals surface area contributed by atoms with Gasteiger partial charge in [0.2, 0.25) is 0 Å². The van der Waals surface area contributed by atoms with E-state index in [9.17, 15) is 0 Å². The van der Waals surface area contributed by atoms with E-state index in [1.165, 1.54) is 21.0 Å². The Morgan fingerprint density at radius 3 is 2.41 bits per heavy atom. The number of imidazole rings is 1. The molecule has 0 aliphatic rings. The minimum Gasteiger partial charge on any atom is -0.369 e. The summed E-state index contributed by atoms with van der Waals surface area (Å²) in [5.41, 5.74) is 4.73. The molecule has 0 saturated carbocycles. The highest BCUT2D eigenvalue weighted by atomic mass is 32.2. The number of pyridine rings is 1. The summed E-state index contributed by atoms with van der Waals surface area (Å²) in [6, 6.07) is 23.0. The van der Waals surface area contributed by atoms with Crippen LogP contribution in [0.1, 0.15) is 48.0 Å². The summed E-state index contributed by atoms with van der Waals surface area (Å²) in [5, 5.41) is 1.18. The first kappa shape index (κ1) is 22.3. The summed E-state index contributed by atoms with van der Waals surface area (Å²) in [7, 11) is 0. The number of aryl methyl sites for hydroxylation is 1. The maximum absolute atomic E-state index is 6.10. The molecule has 0 amide bonds. The topological polar surface area (TPSA) is 39.9 Å². The highest BCUT2D eigenvalue weighted by Gasteiger charge is 2.21. The van der Waals surface area contributed by atoms with Crippen LogP contribution in [0.15, 0.2) is 89.0 Å². The van der Waals surface area contributed by atoms with Crippen LogP contribution in [0.4, 0.5) is 0 Å². The van der Waals surface area contributed by atoms with E-state index in [0.717, 1.165) is 23.6 Å². The molecule has 2 aromatic heterocycles. The third-order valence-electron chi connectivity index (χ3n) is 5.21. The number of ether oxygens (including phenoxy) is 1. The Morgan fingerprint density at radius 2 is 1.69 bits per heavy atom. The zero-order valence-corrected chi connectivity index (χ0v) is 19.7. The standard InChI is InChI=1S/C27H29N3OS/c1-20(2)26-27(32-24-11-7-8-21(3)16-24)30(17-22-12-14-28-15-13-22)25(29-26)19-31-18-23-9-5-4-6-10-23/h4-16,20H,17-19H2,1-3H3. The zero-order valence-electron chi connectivity index (χ0n) is 18.9. The Kier molecular flexibility index (Phi) is 7.40. The fourth-order valence-corrected chi connectivity index (χ4v) is 4.84. The molecule has 0 aliphatic carbocycles. The van der Waals surface area contributed by atoms with E-state index in [-0.39, 0.29) is 0 Å². The first-order valence-corrected chi connectivity index (χ1v) is 11.8. The fourth-order valence-electron chi connectivity index (χ4n) is 3.56. The van der Waals surface area contributed by atoms with E-state index in [0.29, 0.717) is 19.1 Å². The first-order valence-electron chi connectivity index (χ1n) is 10.9. The maximum atomic E-state index is 6.10. The molecule has 0 atom stereocenters. The van der Waals surface area contributed by atoms with E-state index in [4.69, 9.17) is 9.72 Å². The molecule has 5 heteroatoms. The lowest BCUT2D eigenvalue weighted by molar-refractivity contribution is 0.0991. The highest BCUT2D eigenvalue weighted by molar-refractivity contribution is 7.99. The summed E-state index contributed by atoms with van der Waals surface area (Å²) in [4.78, 5) is 10.5. The van der Waals surface area contributed by atoms with Crippen molar-refractivity contribution in [3.05, 3.63) is 107 Å². The zero-order chi connectivity index (χ0) is 22.3. The monoisotopic (exact) mass is 443 g/mol. The SMILES string of the molecule is Cc1cccc(Sc2c(C(C)C)nc(COCc3ccccc3)n2Cc2ccncc2)c1. The van der Waals surface area contributed by atoms with Crippen molar-refractivity contribution in [2.75, 3.05) is 0 Å². The van der Waals surface area contributed by atoms with Gasteiger partial charge in [-0.15, -0.1) is 0 Å². The number of aromatic nitrogens is 3. The molecule has 2 heterocycles. The third kappa shape index (κ3) is 5.67. The van der Waals surface area contributed by atoms with Gasteiger partial charge in [-0.05, 0) is 48.2 Å². The second-order valence-corrected chi connectivity index (χ2v) is 9.27. The van der Waals surface area contributed by atoms with E-state index in [1.54, 1.807) is 11.8 Å². The van der Waals surface area contributed by atoms with Crippen LogP contribution in [-0.2, 0) is 24.5 Å². The Morgan fingerprint density at radius 1 is 0.906 bits per heavy atom. The van der Waals surface area contributed by atoms with Gasteiger partial charge < -0.3 is 9.30 Å². The molecule has 4 aromatic rings. The molecule has 4 nitrogen and oxygen atoms in total. The molecule has 0 N–H and O–H groups in total. The van der Waals surface area contributed by atoms with Gasteiger partial charge in [0.05, 0.1) is 18.8 Å². The Hall–Kier alpha value is -2.89. The average molecular weight is 444 g/mol. The van der Waals surface area contributed by atoms with Gasteiger partial charge in [-0.25, -0.2) is 4.98 Å². The van der Waals surface area contributed by atoms with Crippen molar-refractivity contribution in [3.63, 3.8) is 0 Å². The van der Waals surface area contributed by atoms with Gasteiger partial charge in [0.1, 0.15) is 17.5 Å². The Balaban J connectivity index is 1.67. The van der Waals surface area contributed by atoms with Gasteiger partial charge in [-0.1, -0.05) is 73.6 Å². The lowest BCUT2D eigenvalue weighted by Gasteiger charge is -2.14. The van der Waals surface area contributed by atoms with Crippen LogP contribution in [-0.4, -0.2) is 14.5 Å². The van der Waals surface area contributed by atoms with Gasteiger partial charge in [0, 0.05) is 17.3 Å². The summed E-state index contributed by atoms with van der Waals surface area (Å²) in [5.74, 6) is 1.27. The lowest BCUT2D eigenvalue weighted by atomic mass is 10.1. The van der Waals surface area contributed by atoms with Crippen LogP contribution in [0, 0.1) is 6.92 Å². The highest BCUT2D eigenvalue weighted by Crippen LogP contribution is 2.36. The number of benzene rings is 2. The predicted octanol–water partition coefficient (Wildman–Crippen LogP) is 6.63. The fraction of sp³-hybridized carbons (Fsp3) is 0.259. The van der Waals surface area contributed by atoms with Crippen LogP contribution in [0.3, 0.4) is 0 Å². The molecule has 164 valence electrons. The molecule has 2 aromatic carbocycles. The van der Waals surface area contributed by atoms with Crippen molar-refractivity contribution < 1.29 is 4.74 Å². The van der Waals surface area contributed by atoms with Gasteiger partial charge in [-0.3, -0.25) is 4.98 Å². The van der Waals surface area contributed by atoms with Crippen molar-refractivity contribution in [2.24, 2.45) is 0 Å². The van der Waals surface area contributed by atoms with Crippen LogP contribution >= 0.6 is 11.8 Å². The Labute approximate surface area is 194 Å². The third-order valence-corrected chi connectivity index (χ3v) is 6.32. The molecule has 4 rings (SSSR count). The molecule has 0 saturated heterocycles. The second kappa shape index (κ2) is 10.6. The van der Waals surface area contributed by atoms with Gasteiger partial charge in [0.25, 0.3) is 0 Å². The first-order chi connectivity index (χ1) is 15.6. The van der Waals surface area contributed by atoms with Gasteiger partial charge >= 0.3 is 0 Å². The van der Waals surface area contributed by atoms with E-state index in [1.807, 2.05) is 30.6 Å². The molecule has 0 fully saturated rings. The molecule has 0 spiro atoms. The average Bonchev–Trinajstić information content (AvgIpc) is 3.12. The quantitative estimate of drug-likeness (QED) is 0.291. The largest absolute Gasteiger partial charge is 0.369 e. The van der Waals surface area contributed by atoms with Crippen molar-refractivity contribution in [1.29, 1.82) is 0 Å². The number of nitrogens with zero attached hydrogens (tertiary/aromatic N) is 3. The molecule has 32 heavy (non-hydrogen) atoms. The van der Waals surface area contributed by atoms with Crippen LogP contribution in [0.5, 0.6) is 0 Å². The number of hydrogen-bond acceptors (Lipinski definition) is 4. The molecule has 0 aliphatic heterocycles. The van der Waals surface area contributed by atoms with E-state index >= 15 is 0 Å². The van der Waals surface area contributed by atoms with Crippen LogP contribution in [0.2, 0.25) is 0 Å². The van der Waals surface area contributed by atoms with Crippen molar-refractivity contribution >= 4 is 11.8 Å². The van der Waals surface area contributed by atoms with Crippen molar-refractivity contribution in [3.8, 4) is 0 Å². The van der Waals surface area contributed by atoms with Crippen molar-refractivity contribution in [1.82, 2.24) is 14.5 Å². The summed E-state index contributed by atoms with van der Waals surface area (Å²) < 4.78 is 8.40. The maximum Gasteiger partial charge on any atom is 0.136 e. The summed E-state index contributed by atoms with van der Waals surface area (Å²) >= 11 is 1.78. The minimum absolute atomic E-state index is 0.314. The minimum atomic E-state index is 0.314. The van der Waals surface area contributed by atoms with Crippen LogP contribution < -0.4 is 0 Å². The number of rotatable bonds is 9. The van der Waals surface area contributed by atoms with E-state index < -0.39 is 0 Å². The smallest absolute Gasteiger partial charge is 0.136 e. The molecule has 0 radical (unpaired) electrons. The Bertz CT molecular complexity index is 1140. The molecular formula is C27H29N3OS. The predicted molar refractivity (Wildman–Crippen MR) is 130 cm³/mol. The summed E-state index contributed by atoms with van der Waals surface area (Å²) in [6.07, 6.45) is 3.68. The van der Waals surface area contributed by atoms with Gasteiger partial charge in [-0.2, -0.15) is 0 Å². The van der Waals surface area contributed by atoms with E-state index in [2.05, 4.69) is 78.9 Å².